The Morgan fingerprint density at radius 1 is 1.29 bits per heavy atom. The number of aliphatic imine (C=N–C) groups is 2. The Labute approximate surface area is 89.1 Å². The normalized spacial score (nSPS) is 13.9. The molecule has 0 aromatic heterocycles. The highest BCUT2D eigenvalue weighted by Gasteiger charge is 1.89. The van der Waals surface area contributed by atoms with Gasteiger partial charge >= 0.3 is 0 Å². The minimum atomic E-state index is -0.0881. The summed E-state index contributed by atoms with van der Waals surface area (Å²) >= 11 is 5.05. The van der Waals surface area contributed by atoms with E-state index in [1.807, 2.05) is 0 Å². The summed E-state index contributed by atoms with van der Waals surface area (Å²) in [5.74, 6) is -0.0155. The molecule has 0 aliphatic heterocycles. The molecular weight excluding hydrogens is 202 g/mol. The van der Waals surface area contributed by atoms with Crippen molar-refractivity contribution in [1.82, 2.24) is 0 Å². The second-order valence-corrected chi connectivity index (χ2v) is 2.89. The first-order valence-electron chi connectivity index (χ1n) is 4.51. The number of hydrogen-bond donors (Lipinski definition) is 2. The lowest BCUT2D eigenvalue weighted by atomic mass is 10.2. The van der Waals surface area contributed by atoms with Gasteiger partial charge in [-0.3, -0.25) is 0 Å². The molecule has 0 aromatic rings. The molecule has 0 heterocycles. The summed E-state index contributed by atoms with van der Waals surface area (Å²) in [6, 6.07) is 0. The molecule has 14 heavy (non-hydrogen) atoms. The molecule has 0 aliphatic carbocycles. The zero-order chi connectivity index (χ0) is 10.8. The van der Waals surface area contributed by atoms with Crippen molar-refractivity contribution in [1.29, 1.82) is 0 Å². The average molecular weight is 218 g/mol. The first-order valence-corrected chi connectivity index (χ1v) is 4.85. The molecular formula is C8H16ClN5. The second-order valence-electron chi connectivity index (χ2n) is 2.72. The standard InChI is InChI=1S/C8H16ClN5/c1-2-3-4-5-6-12-7(10)13-8(11)14-9/h6H,2-5H2,1H3,(H4,10,11,13,14)/b12-6+. The molecule has 4 N–H and O–H groups in total. The summed E-state index contributed by atoms with van der Waals surface area (Å²) in [4.78, 5) is 7.47. The van der Waals surface area contributed by atoms with Gasteiger partial charge in [-0.15, -0.1) is 4.51 Å². The first kappa shape index (κ1) is 12.9. The van der Waals surface area contributed by atoms with Crippen LogP contribution in [0.4, 0.5) is 0 Å². The molecule has 80 valence electrons. The Hall–Kier alpha value is -1.10. The maximum Gasteiger partial charge on any atom is 0.235 e. The Bertz CT molecular complexity index is 234. The highest BCUT2D eigenvalue weighted by molar-refractivity contribution is 6.20. The van der Waals surface area contributed by atoms with Crippen LogP contribution in [0.3, 0.4) is 0 Å². The third-order valence-electron chi connectivity index (χ3n) is 1.48. The van der Waals surface area contributed by atoms with Crippen LogP contribution in [0, 0.1) is 0 Å². The number of nitrogens with zero attached hydrogens (tertiary/aromatic N) is 3. The smallest absolute Gasteiger partial charge is 0.235 e. The van der Waals surface area contributed by atoms with Crippen molar-refractivity contribution in [2.24, 2.45) is 26.0 Å². The highest BCUT2D eigenvalue weighted by atomic mass is 35.5. The van der Waals surface area contributed by atoms with Gasteiger partial charge in [-0.25, -0.2) is 4.99 Å². The van der Waals surface area contributed by atoms with Crippen molar-refractivity contribution < 1.29 is 0 Å². The van der Waals surface area contributed by atoms with Crippen LogP contribution in [0.1, 0.15) is 32.6 Å². The molecule has 0 unspecified atom stereocenters. The Morgan fingerprint density at radius 2 is 2.00 bits per heavy atom. The van der Waals surface area contributed by atoms with Gasteiger partial charge in [0.2, 0.25) is 11.9 Å². The molecule has 5 nitrogen and oxygen atoms in total. The highest BCUT2D eigenvalue weighted by Crippen LogP contribution is 1.95. The SMILES string of the molecule is CCCCC/C=N/C(N)=N\C(N)=N\Cl. The maximum absolute atomic E-state index is 5.40. The van der Waals surface area contributed by atoms with Crippen LogP contribution < -0.4 is 11.5 Å². The number of nitrogens with two attached hydrogens (primary N) is 2. The van der Waals surface area contributed by atoms with Gasteiger partial charge < -0.3 is 11.5 Å². The van der Waals surface area contributed by atoms with Crippen molar-refractivity contribution >= 4 is 29.9 Å². The summed E-state index contributed by atoms with van der Waals surface area (Å²) in [7, 11) is 0. The molecule has 0 aliphatic rings. The zero-order valence-corrected chi connectivity index (χ0v) is 9.04. The minimum absolute atomic E-state index is 0.0726. The fourth-order valence-corrected chi connectivity index (χ4v) is 0.847. The summed E-state index contributed by atoms with van der Waals surface area (Å²) in [6.07, 6.45) is 6.09. The molecule has 0 saturated carbocycles. The van der Waals surface area contributed by atoms with E-state index in [2.05, 4.69) is 21.4 Å². The monoisotopic (exact) mass is 217 g/mol. The van der Waals surface area contributed by atoms with Crippen LogP contribution in [-0.4, -0.2) is 18.1 Å². The van der Waals surface area contributed by atoms with Crippen molar-refractivity contribution in [2.45, 2.75) is 32.6 Å². The van der Waals surface area contributed by atoms with Crippen molar-refractivity contribution in [3.63, 3.8) is 0 Å². The van der Waals surface area contributed by atoms with E-state index in [4.69, 9.17) is 23.2 Å². The van der Waals surface area contributed by atoms with Crippen LogP contribution >= 0.6 is 11.8 Å². The fraction of sp³-hybridized carbons (Fsp3) is 0.625. The molecule has 0 saturated heterocycles. The quantitative estimate of drug-likeness (QED) is 0.424. The lowest BCUT2D eigenvalue weighted by Crippen LogP contribution is -2.16. The van der Waals surface area contributed by atoms with E-state index in [0.717, 1.165) is 12.8 Å². The molecule has 0 bridgehead atoms. The van der Waals surface area contributed by atoms with Crippen LogP contribution in [-0.2, 0) is 0 Å². The Morgan fingerprint density at radius 3 is 2.57 bits per heavy atom. The molecule has 0 aromatic carbocycles. The van der Waals surface area contributed by atoms with E-state index in [1.54, 1.807) is 6.21 Å². The number of hydrogen-bond acceptors (Lipinski definition) is 1. The molecule has 0 rings (SSSR count). The maximum atomic E-state index is 5.40. The van der Waals surface area contributed by atoms with Crippen LogP contribution in [0.2, 0.25) is 0 Å². The van der Waals surface area contributed by atoms with E-state index >= 15 is 0 Å². The number of unbranched alkanes of at least 4 members (excludes halogenated alkanes) is 3. The van der Waals surface area contributed by atoms with Gasteiger partial charge in [0.15, 0.2) is 0 Å². The van der Waals surface area contributed by atoms with Gasteiger partial charge in [0.05, 0.1) is 0 Å². The lowest BCUT2D eigenvalue weighted by molar-refractivity contribution is 0.746. The number of halogens is 1. The topological polar surface area (TPSA) is 89.1 Å². The molecule has 0 fully saturated rings. The van der Waals surface area contributed by atoms with Crippen molar-refractivity contribution in [2.75, 3.05) is 0 Å². The Balaban J connectivity index is 3.81. The summed E-state index contributed by atoms with van der Waals surface area (Å²) in [6.45, 7) is 2.14. The van der Waals surface area contributed by atoms with Crippen molar-refractivity contribution in [3.05, 3.63) is 0 Å². The second kappa shape index (κ2) is 8.50. The Kier molecular flexibility index (Phi) is 7.83. The molecule has 0 radical (unpaired) electrons. The third-order valence-corrected chi connectivity index (χ3v) is 1.65. The van der Waals surface area contributed by atoms with E-state index in [1.165, 1.54) is 12.8 Å². The largest absolute Gasteiger partial charge is 0.368 e. The molecule has 6 heteroatoms. The number of rotatable bonds is 4. The minimum Gasteiger partial charge on any atom is -0.368 e. The van der Waals surface area contributed by atoms with Crippen molar-refractivity contribution in [3.8, 4) is 0 Å². The van der Waals surface area contributed by atoms with Gasteiger partial charge in [0, 0.05) is 18.0 Å². The van der Waals surface area contributed by atoms with E-state index in [9.17, 15) is 0 Å². The van der Waals surface area contributed by atoms with E-state index in [-0.39, 0.29) is 11.9 Å². The van der Waals surface area contributed by atoms with Gasteiger partial charge in [0.25, 0.3) is 0 Å². The fourth-order valence-electron chi connectivity index (χ4n) is 0.809. The van der Waals surface area contributed by atoms with Gasteiger partial charge in [-0.2, -0.15) is 4.99 Å². The van der Waals surface area contributed by atoms with Crippen LogP contribution in [0.25, 0.3) is 0 Å². The molecule has 0 spiro atoms. The zero-order valence-electron chi connectivity index (χ0n) is 8.28. The van der Waals surface area contributed by atoms with E-state index in [0.29, 0.717) is 0 Å². The lowest BCUT2D eigenvalue weighted by Gasteiger charge is -1.92. The van der Waals surface area contributed by atoms with E-state index < -0.39 is 0 Å². The predicted octanol–water partition coefficient (Wildman–Crippen LogP) is 1.42. The third kappa shape index (κ3) is 7.54. The first-order chi connectivity index (χ1) is 6.70. The summed E-state index contributed by atoms with van der Waals surface area (Å²) in [5, 5.41) is 0. The summed E-state index contributed by atoms with van der Waals surface area (Å²) in [5.41, 5.74) is 10.6. The van der Waals surface area contributed by atoms with Gasteiger partial charge in [-0.05, 0) is 12.8 Å². The predicted molar refractivity (Wildman–Crippen MR) is 61.7 cm³/mol. The van der Waals surface area contributed by atoms with Gasteiger partial charge in [0.1, 0.15) is 0 Å². The van der Waals surface area contributed by atoms with Gasteiger partial charge in [-0.1, -0.05) is 19.8 Å². The number of guanidine groups is 2. The average Bonchev–Trinajstić information content (AvgIpc) is 2.17. The van der Waals surface area contributed by atoms with Crippen LogP contribution in [0.15, 0.2) is 14.5 Å². The summed E-state index contributed by atoms with van der Waals surface area (Å²) < 4.78 is 3.11. The molecule has 0 amide bonds. The van der Waals surface area contributed by atoms with Crippen LogP contribution in [0.5, 0.6) is 0 Å². The molecule has 0 atom stereocenters.